The molecule has 0 aliphatic heterocycles. The van der Waals surface area contributed by atoms with E-state index in [1.807, 2.05) is 32.0 Å². The zero-order valence-corrected chi connectivity index (χ0v) is 14.9. The third kappa shape index (κ3) is 4.54. The molecule has 0 saturated heterocycles. The van der Waals surface area contributed by atoms with Crippen molar-refractivity contribution in [1.29, 1.82) is 0 Å². The molecule has 1 aromatic carbocycles. The van der Waals surface area contributed by atoms with Gasteiger partial charge in [-0.2, -0.15) is 4.68 Å². The lowest BCUT2D eigenvalue weighted by Gasteiger charge is -2.11. The summed E-state index contributed by atoms with van der Waals surface area (Å²) in [7, 11) is 3.28. The van der Waals surface area contributed by atoms with E-state index in [0.29, 0.717) is 5.16 Å². The fraction of sp³-hybridized carbons (Fsp3) is 0.400. The van der Waals surface area contributed by atoms with Gasteiger partial charge in [-0.1, -0.05) is 29.5 Å². The molecule has 0 aliphatic rings. The molecule has 9 heteroatoms. The van der Waals surface area contributed by atoms with Crippen LogP contribution in [0.5, 0.6) is 0 Å². The normalized spacial score (nSPS) is 10.5. The van der Waals surface area contributed by atoms with E-state index >= 15 is 0 Å². The van der Waals surface area contributed by atoms with Gasteiger partial charge in [0.05, 0.1) is 18.0 Å². The van der Waals surface area contributed by atoms with Crippen molar-refractivity contribution in [3.05, 3.63) is 29.3 Å². The smallest absolute Gasteiger partial charge is 0.241 e. The van der Waals surface area contributed by atoms with E-state index in [2.05, 4.69) is 20.8 Å². The van der Waals surface area contributed by atoms with Crippen LogP contribution in [0.15, 0.2) is 23.4 Å². The van der Waals surface area contributed by atoms with E-state index in [0.717, 1.165) is 16.8 Å². The van der Waals surface area contributed by atoms with Crippen LogP contribution in [-0.4, -0.2) is 63.3 Å². The number of carbonyl (C=O) groups excluding carboxylic acids is 2. The summed E-state index contributed by atoms with van der Waals surface area (Å²) in [6, 6.07) is 5.98. The van der Waals surface area contributed by atoms with Crippen LogP contribution in [-0.2, 0) is 9.59 Å². The number of aromatic nitrogens is 4. The summed E-state index contributed by atoms with van der Waals surface area (Å²) in [5.74, 6) is -0.273. The minimum atomic E-state index is -0.245. The Morgan fingerprint density at radius 1 is 1.29 bits per heavy atom. The fourth-order valence-electron chi connectivity index (χ4n) is 1.98. The summed E-state index contributed by atoms with van der Waals surface area (Å²) in [6.07, 6.45) is 0. The number of rotatable bonds is 6. The van der Waals surface area contributed by atoms with Gasteiger partial charge in [0.1, 0.15) is 0 Å². The predicted molar refractivity (Wildman–Crippen MR) is 91.1 cm³/mol. The largest absolute Gasteiger partial charge is 0.347 e. The Kier molecular flexibility index (Phi) is 5.91. The van der Waals surface area contributed by atoms with Crippen LogP contribution in [0.2, 0.25) is 0 Å². The van der Waals surface area contributed by atoms with Crippen molar-refractivity contribution in [3.63, 3.8) is 0 Å². The van der Waals surface area contributed by atoms with E-state index in [1.165, 1.54) is 16.7 Å². The molecular weight excluding hydrogens is 328 g/mol. The minimum Gasteiger partial charge on any atom is -0.347 e. The van der Waals surface area contributed by atoms with Crippen molar-refractivity contribution in [1.82, 2.24) is 30.4 Å². The maximum Gasteiger partial charge on any atom is 0.241 e. The average molecular weight is 348 g/mol. The number of likely N-dealkylation sites (N-methyl/N-ethyl adjacent to an activating group) is 1. The summed E-state index contributed by atoms with van der Waals surface area (Å²) >= 11 is 1.22. The van der Waals surface area contributed by atoms with Gasteiger partial charge in [-0.3, -0.25) is 9.59 Å². The van der Waals surface area contributed by atoms with Gasteiger partial charge >= 0.3 is 0 Å². The Bertz CT molecular complexity index is 743. The number of nitrogens with one attached hydrogen (secondary N) is 1. The molecule has 2 amide bonds. The van der Waals surface area contributed by atoms with Crippen molar-refractivity contribution in [2.45, 2.75) is 19.0 Å². The highest BCUT2D eigenvalue weighted by Crippen LogP contribution is 2.21. The predicted octanol–water partition coefficient (Wildman–Crippen LogP) is 0.576. The van der Waals surface area contributed by atoms with Crippen molar-refractivity contribution in [3.8, 4) is 5.69 Å². The van der Waals surface area contributed by atoms with E-state index in [9.17, 15) is 9.59 Å². The molecule has 0 saturated carbocycles. The molecule has 1 aromatic heterocycles. The van der Waals surface area contributed by atoms with Gasteiger partial charge in [-0.15, -0.1) is 5.10 Å². The SMILES string of the molecule is Cc1ccc(-n2nnnc2SCC(=O)NCC(=O)N(C)C)c(C)c1. The van der Waals surface area contributed by atoms with Crippen LogP contribution in [0.4, 0.5) is 0 Å². The second-order valence-electron chi connectivity index (χ2n) is 5.52. The molecule has 1 N–H and O–H groups in total. The highest BCUT2D eigenvalue weighted by Gasteiger charge is 2.14. The highest BCUT2D eigenvalue weighted by atomic mass is 32.2. The van der Waals surface area contributed by atoms with Gasteiger partial charge in [-0.05, 0) is 35.9 Å². The van der Waals surface area contributed by atoms with Crippen LogP contribution in [0.25, 0.3) is 5.69 Å². The van der Waals surface area contributed by atoms with Gasteiger partial charge in [0.2, 0.25) is 17.0 Å². The van der Waals surface area contributed by atoms with Crippen LogP contribution in [0, 0.1) is 13.8 Å². The maximum atomic E-state index is 11.8. The molecule has 128 valence electrons. The monoisotopic (exact) mass is 348 g/mol. The summed E-state index contributed by atoms with van der Waals surface area (Å²) < 4.78 is 1.61. The van der Waals surface area contributed by atoms with Gasteiger partial charge in [0, 0.05) is 14.1 Å². The van der Waals surface area contributed by atoms with Crippen molar-refractivity contribution in [2.24, 2.45) is 0 Å². The van der Waals surface area contributed by atoms with E-state index in [1.54, 1.807) is 18.8 Å². The number of carbonyl (C=O) groups is 2. The molecule has 0 atom stereocenters. The van der Waals surface area contributed by atoms with Crippen molar-refractivity contribution >= 4 is 23.6 Å². The fourth-order valence-corrected chi connectivity index (χ4v) is 2.69. The molecular formula is C15H20N6O2S. The topological polar surface area (TPSA) is 93.0 Å². The molecule has 0 spiro atoms. The van der Waals surface area contributed by atoms with Gasteiger partial charge in [0.25, 0.3) is 0 Å². The Labute approximate surface area is 144 Å². The first-order valence-corrected chi connectivity index (χ1v) is 8.32. The standard InChI is InChI=1S/C15H20N6O2S/c1-10-5-6-12(11(2)7-10)21-15(17-18-19-21)24-9-13(22)16-8-14(23)20(3)4/h5-7H,8-9H2,1-4H3,(H,16,22). The van der Waals surface area contributed by atoms with Crippen LogP contribution in [0.1, 0.15) is 11.1 Å². The molecule has 0 unspecified atom stereocenters. The number of hydrogen-bond donors (Lipinski definition) is 1. The summed E-state index contributed by atoms with van der Waals surface area (Å²) in [4.78, 5) is 24.7. The van der Waals surface area contributed by atoms with Gasteiger partial charge in [0.15, 0.2) is 0 Å². The number of thioether (sulfide) groups is 1. The first-order chi connectivity index (χ1) is 11.4. The van der Waals surface area contributed by atoms with Gasteiger partial charge < -0.3 is 10.2 Å². The first-order valence-electron chi connectivity index (χ1n) is 7.34. The number of tetrazole rings is 1. The zero-order valence-electron chi connectivity index (χ0n) is 14.1. The molecule has 0 aliphatic carbocycles. The summed E-state index contributed by atoms with van der Waals surface area (Å²) in [6.45, 7) is 3.98. The molecule has 8 nitrogen and oxygen atoms in total. The molecule has 0 radical (unpaired) electrons. The minimum absolute atomic E-state index is 0.0194. The lowest BCUT2D eigenvalue weighted by Crippen LogP contribution is -2.37. The molecule has 2 aromatic rings. The van der Waals surface area contributed by atoms with Crippen molar-refractivity contribution in [2.75, 3.05) is 26.4 Å². The Morgan fingerprint density at radius 3 is 2.71 bits per heavy atom. The number of benzene rings is 1. The second kappa shape index (κ2) is 7.91. The third-order valence-corrected chi connectivity index (χ3v) is 4.21. The first kappa shape index (κ1) is 17.9. The van der Waals surface area contributed by atoms with Crippen LogP contribution >= 0.6 is 11.8 Å². The van der Waals surface area contributed by atoms with Crippen molar-refractivity contribution < 1.29 is 9.59 Å². The zero-order chi connectivity index (χ0) is 17.7. The number of hydrogen-bond acceptors (Lipinski definition) is 6. The summed E-state index contributed by atoms with van der Waals surface area (Å²) in [5, 5.41) is 14.7. The molecule has 2 rings (SSSR count). The molecule has 0 fully saturated rings. The lowest BCUT2D eigenvalue weighted by atomic mass is 10.1. The Balaban J connectivity index is 1.98. The second-order valence-corrected chi connectivity index (χ2v) is 6.46. The van der Waals surface area contributed by atoms with Crippen LogP contribution in [0.3, 0.4) is 0 Å². The Hall–Kier alpha value is -2.42. The third-order valence-electron chi connectivity index (χ3n) is 3.29. The van der Waals surface area contributed by atoms with E-state index in [4.69, 9.17) is 0 Å². The number of nitrogens with zero attached hydrogens (tertiary/aromatic N) is 5. The van der Waals surface area contributed by atoms with Crippen LogP contribution < -0.4 is 5.32 Å². The number of amides is 2. The molecule has 1 heterocycles. The molecule has 0 bridgehead atoms. The highest BCUT2D eigenvalue weighted by molar-refractivity contribution is 7.99. The van der Waals surface area contributed by atoms with Gasteiger partial charge in [-0.25, -0.2) is 0 Å². The van der Waals surface area contributed by atoms with E-state index < -0.39 is 0 Å². The maximum absolute atomic E-state index is 11.8. The number of aryl methyl sites for hydroxylation is 2. The average Bonchev–Trinajstić information content (AvgIpc) is 2.98. The molecule has 24 heavy (non-hydrogen) atoms. The summed E-state index contributed by atoms with van der Waals surface area (Å²) in [5.41, 5.74) is 3.07. The lowest BCUT2D eigenvalue weighted by molar-refractivity contribution is -0.130. The van der Waals surface area contributed by atoms with E-state index in [-0.39, 0.29) is 24.1 Å². The quantitative estimate of drug-likeness (QED) is 0.768. The Morgan fingerprint density at radius 2 is 2.04 bits per heavy atom.